The summed E-state index contributed by atoms with van der Waals surface area (Å²) in [5, 5.41) is 11.5. The molecule has 0 amide bonds. The van der Waals surface area contributed by atoms with E-state index >= 15 is 0 Å². The van der Waals surface area contributed by atoms with Gasteiger partial charge in [-0.1, -0.05) is 12.1 Å². The number of hydrogen-bond donors (Lipinski definition) is 3. The lowest BCUT2D eigenvalue weighted by atomic mass is 9.91. The monoisotopic (exact) mass is 435 g/mol. The van der Waals surface area contributed by atoms with Gasteiger partial charge in [-0.2, -0.15) is 4.98 Å². The Labute approximate surface area is 189 Å². The van der Waals surface area contributed by atoms with Gasteiger partial charge < -0.3 is 25.4 Å². The van der Waals surface area contributed by atoms with Crippen molar-refractivity contribution in [2.45, 2.75) is 44.2 Å². The zero-order chi connectivity index (χ0) is 22.3. The van der Waals surface area contributed by atoms with Gasteiger partial charge >= 0.3 is 0 Å². The molecule has 2 aromatic carbocycles. The lowest BCUT2D eigenvalue weighted by molar-refractivity contribution is 0.354. The van der Waals surface area contributed by atoms with Crippen LogP contribution < -0.4 is 25.4 Å². The van der Waals surface area contributed by atoms with Crippen molar-refractivity contribution in [3.8, 4) is 11.5 Å². The maximum atomic E-state index is 5.37. The van der Waals surface area contributed by atoms with Crippen LogP contribution in [0, 0.1) is 0 Å². The van der Waals surface area contributed by atoms with Crippen LogP contribution in [0.1, 0.15) is 31.2 Å². The van der Waals surface area contributed by atoms with Crippen molar-refractivity contribution in [1.82, 2.24) is 15.3 Å². The second-order valence-electron chi connectivity index (χ2n) is 8.28. The van der Waals surface area contributed by atoms with E-state index in [9.17, 15) is 0 Å². The van der Waals surface area contributed by atoms with Crippen molar-refractivity contribution < 1.29 is 9.47 Å². The van der Waals surface area contributed by atoms with Crippen molar-refractivity contribution in [3.63, 3.8) is 0 Å². The molecule has 32 heavy (non-hydrogen) atoms. The van der Waals surface area contributed by atoms with E-state index in [1.54, 1.807) is 14.2 Å². The first-order valence-corrected chi connectivity index (χ1v) is 11.3. The summed E-state index contributed by atoms with van der Waals surface area (Å²) in [5.74, 6) is 3.24. The SMILES string of the molecule is CNc1nc(NC2CCC(NCCc3cc(OC)cc(OC)c3)CC2)nc2ccccc12. The number of methoxy groups -OCH3 is 2. The van der Waals surface area contributed by atoms with E-state index in [2.05, 4.69) is 33.1 Å². The Balaban J connectivity index is 1.26. The molecule has 3 aromatic rings. The number of ether oxygens (including phenoxy) is 2. The molecule has 0 spiro atoms. The molecular formula is C25H33N5O2. The quantitative estimate of drug-likeness (QED) is 0.464. The van der Waals surface area contributed by atoms with Crippen molar-refractivity contribution >= 4 is 22.7 Å². The van der Waals surface area contributed by atoms with Gasteiger partial charge in [-0.3, -0.25) is 0 Å². The Bertz CT molecular complexity index is 1010. The highest BCUT2D eigenvalue weighted by Gasteiger charge is 2.21. The van der Waals surface area contributed by atoms with E-state index in [0.29, 0.717) is 18.0 Å². The molecule has 0 bridgehead atoms. The Morgan fingerprint density at radius 3 is 2.28 bits per heavy atom. The number of fused-ring (bicyclic) bond motifs is 1. The fraction of sp³-hybridized carbons (Fsp3) is 0.440. The Morgan fingerprint density at radius 2 is 1.59 bits per heavy atom. The van der Waals surface area contributed by atoms with Crippen LogP contribution in [0.15, 0.2) is 42.5 Å². The van der Waals surface area contributed by atoms with Crippen molar-refractivity contribution in [2.24, 2.45) is 0 Å². The van der Waals surface area contributed by atoms with E-state index in [0.717, 1.165) is 66.9 Å². The highest BCUT2D eigenvalue weighted by atomic mass is 16.5. The molecular weight excluding hydrogens is 402 g/mol. The van der Waals surface area contributed by atoms with Gasteiger partial charge in [0, 0.05) is 30.6 Å². The molecule has 3 N–H and O–H groups in total. The molecule has 1 fully saturated rings. The first kappa shape index (κ1) is 22.1. The molecule has 1 heterocycles. The third-order valence-corrected chi connectivity index (χ3v) is 6.16. The minimum absolute atomic E-state index is 0.404. The number of anilines is 2. The molecule has 0 saturated heterocycles. The van der Waals surface area contributed by atoms with Crippen LogP contribution >= 0.6 is 0 Å². The summed E-state index contributed by atoms with van der Waals surface area (Å²) in [6.45, 7) is 0.943. The lowest BCUT2D eigenvalue weighted by Crippen LogP contribution is -2.38. The number of nitrogens with zero attached hydrogens (tertiary/aromatic N) is 2. The lowest BCUT2D eigenvalue weighted by Gasteiger charge is -2.30. The van der Waals surface area contributed by atoms with E-state index < -0.39 is 0 Å². The maximum absolute atomic E-state index is 5.37. The highest BCUT2D eigenvalue weighted by Crippen LogP contribution is 2.26. The van der Waals surface area contributed by atoms with Crippen LogP contribution in [-0.2, 0) is 6.42 Å². The van der Waals surface area contributed by atoms with Gasteiger partial charge in [0.25, 0.3) is 0 Å². The number of para-hydroxylation sites is 1. The summed E-state index contributed by atoms with van der Waals surface area (Å²) < 4.78 is 10.7. The molecule has 4 rings (SSSR count). The van der Waals surface area contributed by atoms with Gasteiger partial charge in [0.05, 0.1) is 19.7 Å². The number of hydrogen-bond acceptors (Lipinski definition) is 7. The van der Waals surface area contributed by atoms with Gasteiger partial charge in [0.2, 0.25) is 5.95 Å². The molecule has 0 radical (unpaired) electrons. The average molecular weight is 436 g/mol. The van der Waals surface area contributed by atoms with Crippen LogP contribution in [-0.4, -0.2) is 49.9 Å². The molecule has 1 saturated carbocycles. The van der Waals surface area contributed by atoms with Crippen LogP contribution in [0.25, 0.3) is 10.9 Å². The first-order chi connectivity index (χ1) is 15.7. The number of benzene rings is 2. The molecule has 1 aliphatic rings. The summed E-state index contributed by atoms with van der Waals surface area (Å²) in [6.07, 6.45) is 5.45. The smallest absolute Gasteiger partial charge is 0.225 e. The molecule has 0 aliphatic heterocycles. The molecule has 0 unspecified atom stereocenters. The molecule has 7 nitrogen and oxygen atoms in total. The van der Waals surface area contributed by atoms with Crippen LogP contribution in [0.4, 0.5) is 11.8 Å². The minimum Gasteiger partial charge on any atom is -0.497 e. The highest BCUT2D eigenvalue weighted by molar-refractivity contribution is 5.89. The summed E-state index contributed by atoms with van der Waals surface area (Å²) >= 11 is 0. The zero-order valence-electron chi connectivity index (χ0n) is 19.1. The van der Waals surface area contributed by atoms with E-state index in [4.69, 9.17) is 14.5 Å². The van der Waals surface area contributed by atoms with E-state index in [1.807, 2.05) is 37.4 Å². The minimum atomic E-state index is 0.404. The van der Waals surface area contributed by atoms with Crippen molar-refractivity contribution in [1.29, 1.82) is 0 Å². The van der Waals surface area contributed by atoms with Gasteiger partial charge in [-0.15, -0.1) is 0 Å². The predicted octanol–water partition coefficient (Wildman–Crippen LogP) is 4.24. The Kier molecular flexibility index (Phi) is 7.27. The molecule has 0 atom stereocenters. The molecule has 1 aromatic heterocycles. The standard InChI is InChI=1S/C25H33N5O2/c1-26-24-22-6-4-5-7-23(22)29-25(30-24)28-19-10-8-18(9-11-19)27-13-12-17-14-20(31-2)16-21(15-17)32-3/h4-7,14-16,18-19,27H,8-13H2,1-3H3,(H2,26,28,29,30). The fourth-order valence-corrected chi connectivity index (χ4v) is 4.39. The summed E-state index contributed by atoms with van der Waals surface area (Å²) in [5.41, 5.74) is 2.18. The van der Waals surface area contributed by atoms with E-state index in [-0.39, 0.29) is 0 Å². The van der Waals surface area contributed by atoms with Crippen LogP contribution in [0.3, 0.4) is 0 Å². The number of rotatable bonds is 9. The molecule has 7 heteroatoms. The van der Waals surface area contributed by atoms with Crippen molar-refractivity contribution in [2.75, 3.05) is 38.4 Å². The normalized spacial score (nSPS) is 18.3. The summed E-state index contributed by atoms with van der Waals surface area (Å²) in [7, 11) is 5.27. The third-order valence-electron chi connectivity index (χ3n) is 6.16. The second-order valence-corrected chi connectivity index (χ2v) is 8.28. The van der Waals surface area contributed by atoms with Crippen LogP contribution in [0.2, 0.25) is 0 Å². The van der Waals surface area contributed by atoms with Gasteiger partial charge in [-0.25, -0.2) is 4.98 Å². The van der Waals surface area contributed by atoms with Gasteiger partial charge in [-0.05, 0) is 68.5 Å². The molecule has 1 aliphatic carbocycles. The zero-order valence-corrected chi connectivity index (χ0v) is 19.1. The fourth-order valence-electron chi connectivity index (χ4n) is 4.39. The predicted molar refractivity (Wildman–Crippen MR) is 130 cm³/mol. The van der Waals surface area contributed by atoms with Gasteiger partial charge in [0.1, 0.15) is 17.3 Å². The largest absolute Gasteiger partial charge is 0.497 e. The summed E-state index contributed by atoms with van der Waals surface area (Å²) in [6, 6.07) is 15.1. The average Bonchev–Trinajstić information content (AvgIpc) is 2.84. The molecule has 170 valence electrons. The van der Waals surface area contributed by atoms with Crippen molar-refractivity contribution in [3.05, 3.63) is 48.0 Å². The number of nitrogens with one attached hydrogen (secondary N) is 3. The topological polar surface area (TPSA) is 80.3 Å². The second kappa shape index (κ2) is 10.5. The Morgan fingerprint density at radius 1 is 0.906 bits per heavy atom. The van der Waals surface area contributed by atoms with E-state index in [1.165, 1.54) is 5.56 Å². The maximum Gasteiger partial charge on any atom is 0.225 e. The first-order valence-electron chi connectivity index (χ1n) is 11.3. The Hall–Kier alpha value is -3.06. The van der Waals surface area contributed by atoms with Gasteiger partial charge in [0.15, 0.2) is 0 Å². The number of aromatic nitrogens is 2. The third kappa shape index (κ3) is 5.40. The van der Waals surface area contributed by atoms with Crippen LogP contribution in [0.5, 0.6) is 11.5 Å². The summed E-state index contributed by atoms with van der Waals surface area (Å²) in [4.78, 5) is 9.38.